The first kappa shape index (κ1) is 36.9. The molecule has 5 aromatic carbocycles. The molecule has 260 valence electrons. The highest BCUT2D eigenvalue weighted by Crippen LogP contribution is 2.39. The van der Waals surface area contributed by atoms with Crippen LogP contribution < -0.4 is 30.2 Å². The van der Waals surface area contributed by atoms with E-state index in [-0.39, 0.29) is 11.6 Å². The summed E-state index contributed by atoms with van der Waals surface area (Å²) in [5.74, 6) is -0.241. The average Bonchev–Trinajstić information content (AvgIpc) is 3.13. The molecule has 5 rings (SSSR count). The van der Waals surface area contributed by atoms with Gasteiger partial charge in [-0.25, -0.2) is 0 Å². The summed E-state index contributed by atoms with van der Waals surface area (Å²) in [7, 11) is 4.46. The predicted octanol–water partition coefficient (Wildman–Crippen LogP) is 8.90. The number of anilines is 2. The van der Waals surface area contributed by atoms with Gasteiger partial charge < -0.3 is 30.2 Å². The monoisotopic (exact) mass is 741 g/mol. The summed E-state index contributed by atoms with van der Waals surface area (Å²) >= 11 is 13.6. The number of amides is 3. The summed E-state index contributed by atoms with van der Waals surface area (Å²) < 4.78 is 16.4. The Hall–Kier alpha value is -5.42. The molecule has 0 bridgehead atoms. The summed E-state index contributed by atoms with van der Waals surface area (Å²) in [6.07, 6.45) is 1.51. The first-order valence-electron chi connectivity index (χ1n) is 15.5. The average molecular weight is 743 g/mol. The first-order valence-corrected chi connectivity index (χ1v) is 17.1. The van der Waals surface area contributed by atoms with Crippen LogP contribution >= 0.6 is 35.0 Å². The number of carbonyl (C=O) groups is 3. The number of benzene rings is 5. The van der Waals surface area contributed by atoms with Crippen LogP contribution in [0.1, 0.15) is 26.7 Å². The number of carbonyl (C=O) groups excluding carboxylic acids is 3. The maximum Gasteiger partial charge on any atom is 0.272 e. The SMILES string of the molecule is COc1cc(/C=C(/NC(=O)c2ccccc2)C(=O)Nc2cccc(SC(C(=O)Nc3cc(Cl)cc(Cl)c3)c3ccccc3)c2)cc(OC)c1OC. The molecular weight excluding hydrogens is 709 g/mol. The second kappa shape index (κ2) is 17.5. The fourth-order valence-corrected chi connectivity index (χ4v) is 6.62. The standard InChI is InChI=1S/C39H33Cl2N3O6S/c1-48-33-18-24(19-34(49-2)35(33)50-3)17-32(44-37(45)26-13-8-5-9-14-26)38(46)42-29-15-10-16-31(23-29)51-36(25-11-6-4-7-12-25)39(47)43-30-21-27(40)20-28(41)22-30/h4-23,36H,1-3H3,(H,42,46)(H,43,47)(H,44,45)/b32-17+. The van der Waals surface area contributed by atoms with Gasteiger partial charge in [0, 0.05) is 31.9 Å². The number of rotatable bonds is 13. The van der Waals surface area contributed by atoms with E-state index in [2.05, 4.69) is 16.0 Å². The van der Waals surface area contributed by atoms with Crippen LogP contribution in [0, 0.1) is 0 Å². The van der Waals surface area contributed by atoms with Crippen molar-refractivity contribution in [1.82, 2.24) is 5.32 Å². The Balaban J connectivity index is 1.43. The van der Waals surface area contributed by atoms with E-state index in [1.54, 1.807) is 78.9 Å². The van der Waals surface area contributed by atoms with Crippen LogP contribution in [0.3, 0.4) is 0 Å². The van der Waals surface area contributed by atoms with Gasteiger partial charge in [0.25, 0.3) is 11.8 Å². The molecule has 12 heteroatoms. The van der Waals surface area contributed by atoms with E-state index in [0.29, 0.717) is 54.7 Å². The molecule has 0 aliphatic carbocycles. The van der Waals surface area contributed by atoms with E-state index in [4.69, 9.17) is 37.4 Å². The zero-order chi connectivity index (χ0) is 36.3. The minimum absolute atomic E-state index is 0.0436. The highest BCUT2D eigenvalue weighted by atomic mass is 35.5. The van der Waals surface area contributed by atoms with Crippen molar-refractivity contribution in [2.24, 2.45) is 0 Å². The molecule has 1 unspecified atom stereocenters. The summed E-state index contributed by atoms with van der Waals surface area (Å²) in [5, 5.41) is 8.65. The normalized spacial score (nSPS) is 11.6. The van der Waals surface area contributed by atoms with Crippen molar-refractivity contribution in [2.75, 3.05) is 32.0 Å². The van der Waals surface area contributed by atoms with E-state index in [1.165, 1.54) is 39.2 Å². The minimum Gasteiger partial charge on any atom is -0.493 e. The van der Waals surface area contributed by atoms with Crippen LogP contribution in [0.15, 0.2) is 126 Å². The number of hydrogen-bond acceptors (Lipinski definition) is 7. The van der Waals surface area contributed by atoms with Gasteiger partial charge in [-0.05, 0) is 77.9 Å². The van der Waals surface area contributed by atoms with E-state index in [1.807, 2.05) is 36.4 Å². The Morgan fingerprint density at radius 2 is 1.31 bits per heavy atom. The molecule has 51 heavy (non-hydrogen) atoms. The maximum absolute atomic E-state index is 13.9. The van der Waals surface area contributed by atoms with Crippen LogP contribution in [-0.4, -0.2) is 39.1 Å². The Morgan fingerprint density at radius 1 is 0.686 bits per heavy atom. The lowest BCUT2D eigenvalue weighted by molar-refractivity contribution is -0.116. The van der Waals surface area contributed by atoms with Gasteiger partial charge in [-0.2, -0.15) is 0 Å². The summed E-state index contributed by atoms with van der Waals surface area (Å²) in [4.78, 5) is 41.5. The fourth-order valence-electron chi connectivity index (χ4n) is 5.01. The molecule has 0 fully saturated rings. The van der Waals surface area contributed by atoms with Crippen molar-refractivity contribution < 1.29 is 28.6 Å². The van der Waals surface area contributed by atoms with Crippen LogP contribution in [0.5, 0.6) is 17.2 Å². The van der Waals surface area contributed by atoms with Gasteiger partial charge in [0.15, 0.2) is 11.5 Å². The lowest BCUT2D eigenvalue weighted by Crippen LogP contribution is -2.30. The van der Waals surface area contributed by atoms with Crippen molar-refractivity contribution in [2.45, 2.75) is 10.1 Å². The second-order valence-electron chi connectivity index (χ2n) is 10.9. The molecular formula is C39H33Cl2N3O6S. The summed E-state index contributed by atoms with van der Waals surface area (Å²) in [6, 6.07) is 33.1. The zero-order valence-electron chi connectivity index (χ0n) is 27.7. The zero-order valence-corrected chi connectivity index (χ0v) is 30.1. The minimum atomic E-state index is -0.671. The Bertz CT molecular complexity index is 2020. The third-order valence-electron chi connectivity index (χ3n) is 7.34. The van der Waals surface area contributed by atoms with Gasteiger partial charge in [-0.1, -0.05) is 77.8 Å². The molecule has 0 saturated heterocycles. The number of thioether (sulfide) groups is 1. The number of hydrogen-bond donors (Lipinski definition) is 3. The van der Waals surface area contributed by atoms with Crippen LogP contribution in [-0.2, 0) is 9.59 Å². The molecule has 9 nitrogen and oxygen atoms in total. The van der Waals surface area contributed by atoms with Crippen molar-refractivity contribution >= 4 is 70.1 Å². The smallest absolute Gasteiger partial charge is 0.272 e. The van der Waals surface area contributed by atoms with E-state index < -0.39 is 17.1 Å². The predicted molar refractivity (Wildman–Crippen MR) is 203 cm³/mol. The number of nitrogens with one attached hydrogen (secondary N) is 3. The molecule has 0 aliphatic heterocycles. The Labute approximate surface area is 309 Å². The number of methoxy groups -OCH3 is 3. The highest BCUT2D eigenvalue weighted by Gasteiger charge is 2.23. The van der Waals surface area contributed by atoms with E-state index in [9.17, 15) is 14.4 Å². The third kappa shape index (κ3) is 9.85. The van der Waals surface area contributed by atoms with Crippen LogP contribution in [0.4, 0.5) is 11.4 Å². The highest BCUT2D eigenvalue weighted by molar-refractivity contribution is 8.00. The van der Waals surface area contributed by atoms with Gasteiger partial charge in [0.1, 0.15) is 10.9 Å². The topological polar surface area (TPSA) is 115 Å². The lowest BCUT2D eigenvalue weighted by Gasteiger charge is -2.18. The van der Waals surface area contributed by atoms with E-state index in [0.717, 1.165) is 5.56 Å². The van der Waals surface area contributed by atoms with Crippen molar-refractivity contribution in [1.29, 1.82) is 0 Å². The van der Waals surface area contributed by atoms with Crippen molar-refractivity contribution in [3.8, 4) is 17.2 Å². The van der Waals surface area contributed by atoms with Gasteiger partial charge >= 0.3 is 0 Å². The second-order valence-corrected chi connectivity index (χ2v) is 12.9. The summed E-state index contributed by atoms with van der Waals surface area (Å²) in [5.41, 5.74) is 2.49. The Kier molecular flexibility index (Phi) is 12.6. The molecule has 0 spiro atoms. The quantitative estimate of drug-likeness (QED) is 0.0816. The molecule has 5 aromatic rings. The molecule has 0 aliphatic rings. The van der Waals surface area contributed by atoms with Gasteiger partial charge in [-0.3, -0.25) is 14.4 Å². The summed E-state index contributed by atoms with van der Waals surface area (Å²) in [6.45, 7) is 0. The lowest BCUT2D eigenvalue weighted by atomic mass is 10.1. The van der Waals surface area contributed by atoms with Crippen molar-refractivity contribution in [3.63, 3.8) is 0 Å². The molecule has 0 radical (unpaired) electrons. The molecule has 1 atom stereocenters. The van der Waals surface area contributed by atoms with Gasteiger partial charge in [0.05, 0.1) is 21.3 Å². The molecule has 3 amide bonds. The molecule has 0 heterocycles. The third-order valence-corrected chi connectivity index (χ3v) is 9.03. The molecule has 0 saturated carbocycles. The molecule has 0 aromatic heterocycles. The van der Waals surface area contributed by atoms with Gasteiger partial charge in [-0.15, -0.1) is 11.8 Å². The maximum atomic E-state index is 13.9. The number of halogens is 2. The fraction of sp³-hybridized carbons (Fsp3) is 0.103. The van der Waals surface area contributed by atoms with E-state index >= 15 is 0 Å². The van der Waals surface area contributed by atoms with Crippen molar-refractivity contribution in [3.05, 3.63) is 148 Å². The van der Waals surface area contributed by atoms with Crippen LogP contribution in [0.2, 0.25) is 10.0 Å². The number of ether oxygens (including phenoxy) is 3. The largest absolute Gasteiger partial charge is 0.493 e. The van der Waals surface area contributed by atoms with Gasteiger partial charge in [0.2, 0.25) is 11.7 Å². The first-order chi connectivity index (χ1) is 24.7. The van der Waals surface area contributed by atoms with Crippen LogP contribution in [0.25, 0.3) is 6.08 Å². The Morgan fingerprint density at radius 3 is 1.92 bits per heavy atom. The molecule has 3 N–H and O–H groups in total.